The van der Waals surface area contributed by atoms with Crippen molar-refractivity contribution < 1.29 is 18.0 Å². The van der Waals surface area contributed by atoms with Crippen molar-refractivity contribution in [2.75, 3.05) is 23.9 Å². The summed E-state index contributed by atoms with van der Waals surface area (Å²) in [5.41, 5.74) is 2.24. The molecule has 2 amide bonds. The van der Waals surface area contributed by atoms with Crippen LogP contribution in [-0.2, 0) is 26.0 Å². The van der Waals surface area contributed by atoms with Gasteiger partial charge >= 0.3 is 0 Å². The first-order valence-corrected chi connectivity index (χ1v) is 15.4. The van der Waals surface area contributed by atoms with Crippen molar-refractivity contribution in [1.82, 2.24) is 10.2 Å². The SMILES string of the molecule is CCCCNC(=O)[C@@H](CC)N(CCc1ccccc1)C(=O)CN(c1cccc(C)c1)S(=O)(=O)c1ccc(Cl)cc1. The van der Waals surface area contributed by atoms with Crippen LogP contribution in [0.1, 0.15) is 44.2 Å². The van der Waals surface area contributed by atoms with E-state index < -0.39 is 28.5 Å². The molecule has 3 aromatic rings. The van der Waals surface area contributed by atoms with E-state index in [0.717, 1.165) is 28.3 Å². The predicted octanol–water partition coefficient (Wildman–Crippen LogP) is 5.61. The smallest absolute Gasteiger partial charge is 0.264 e. The van der Waals surface area contributed by atoms with Gasteiger partial charge in [-0.3, -0.25) is 13.9 Å². The Morgan fingerprint density at radius 1 is 0.950 bits per heavy atom. The molecule has 0 saturated carbocycles. The number of nitrogens with zero attached hydrogens (tertiary/aromatic N) is 2. The van der Waals surface area contributed by atoms with E-state index in [9.17, 15) is 18.0 Å². The van der Waals surface area contributed by atoms with Crippen LogP contribution in [0.15, 0.2) is 83.8 Å². The molecule has 0 heterocycles. The van der Waals surface area contributed by atoms with Gasteiger partial charge in [0.05, 0.1) is 10.6 Å². The highest BCUT2D eigenvalue weighted by Gasteiger charge is 2.33. The van der Waals surface area contributed by atoms with Gasteiger partial charge in [-0.2, -0.15) is 0 Å². The fourth-order valence-corrected chi connectivity index (χ4v) is 5.98. The van der Waals surface area contributed by atoms with Crippen molar-refractivity contribution in [2.24, 2.45) is 0 Å². The fourth-order valence-electron chi connectivity index (χ4n) is 4.45. The maximum Gasteiger partial charge on any atom is 0.264 e. The Hall–Kier alpha value is -3.36. The number of nitrogens with one attached hydrogen (secondary N) is 1. The molecule has 9 heteroatoms. The molecular weight excluding hydrogens is 546 g/mol. The lowest BCUT2D eigenvalue weighted by molar-refractivity contribution is -0.139. The van der Waals surface area contributed by atoms with Crippen LogP contribution in [0.2, 0.25) is 5.02 Å². The minimum absolute atomic E-state index is 0.0198. The van der Waals surface area contributed by atoms with Crippen molar-refractivity contribution in [3.8, 4) is 0 Å². The van der Waals surface area contributed by atoms with E-state index in [0.29, 0.717) is 30.1 Å². The molecule has 0 aliphatic rings. The number of carbonyl (C=O) groups excluding carboxylic acids is 2. The molecule has 0 saturated heterocycles. The predicted molar refractivity (Wildman–Crippen MR) is 161 cm³/mol. The van der Waals surface area contributed by atoms with Crippen LogP contribution in [0.25, 0.3) is 0 Å². The standard InChI is InChI=1S/C31H38ClN3O4S/c1-4-6-20-33-31(37)29(5-2)34(21-19-25-12-8-7-9-13-25)30(36)23-35(27-14-10-11-24(3)22-27)40(38,39)28-17-15-26(32)16-18-28/h7-18,22,29H,4-6,19-21,23H2,1-3H3,(H,33,37)/t29-/m1/s1. The number of unbranched alkanes of at least 4 members (excludes halogenated alkanes) is 1. The fraction of sp³-hybridized carbons (Fsp3) is 0.355. The molecule has 0 fully saturated rings. The number of anilines is 1. The molecule has 214 valence electrons. The third kappa shape index (κ3) is 8.32. The average Bonchev–Trinajstić information content (AvgIpc) is 2.94. The van der Waals surface area contributed by atoms with Gasteiger partial charge < -0.3 is 10.2 Å². The van der Waals surface area contributed by atoms with Gasteiger partial charge in [0.2, 0.25) is 11.8 Å². The van der Waals surface area contributed by atoms with Gasteiger partial charge in [0, 0.05) is 18.1 Å². The molecule has 0 spiro atoms. The molecule has 3 aromatic carbocycles. The first-order valence-electron chi connectivity index (χ1n) is 13.6. The van der Waals surface area contributed by atoms with Gasteiger partial charge in [-0.1, -0.05) is 74.3 Å². The summed E-state index contributed by atoms with van der Waals surface area (Å²) in [6.45, 7) is 6.09. The molecule has 1 atom stereocenters. The Balaban J connectivity index is 1.98. The molecule has 1 N–H and O–H groups in total. The van der Waals surface area contributed by atoms with E-state index in [1.54, 1.807) is 18.2 Å². The van der Waals surface area contributed by atoms with Crippen molar-refractivity contribution in [2.45, 2.75) is 57.4 Å². The number of rotatable bonds is 14. The first-order chi connectivity index (χ1) is 19.2. The quantitative estimate of drug-likeness (QED) is 0.250. The summed E-state index contributed by atoms with van der Waals surface area (Å²) in [7, 11) is -4.13. The molecule has 0 radical (unpaired) electrons. The molecule has 0 aliphatic carbocycles. The second-order valence-electron chi connectivity index (χ2n) is 9.70. The van der Waals surface area contributed by atoms with Gasteiger partial charge in [-0.15, -0.1) is 0 Å². The van der Waals surface area contributed by atoms with E-state index in [-0.39, 0.29) is 17.3 Å². The van der Waals surface area contributed by atoms with Gasteiger partial charge in [-0.25, -0.2) is 8.42 Å². The van der Waals surface area contributed by atoms with Crippen molar-refractivity contribution in [1.29, 1.82) is 0 Å². The highest BCUT2D eigenvalue weighted by atomic mass is 35.5. The molecule has 3 rings (SSSR count). The van der Waals surface area contributed by atoms with Crippen LogP contribution >= 0.6 is 11.6 Å². The summed E-state index contributed by atoms with van der Waals surface area (Å²) in [6.07, 6.45) is 2.69. The molecule has 40 heavy (non-hydrogen) atoms. The number of halogens is 1. The van der Waals surface area contributed by atoms with E-state index >= 15 is 0 Å². The molecule has 0 aromatic heterocycles. The summed E-state index contributed by atoms with van der Waals surface area (Å²) >= 11 is 6.01. The zero-order valence-corrected chi connectivity index (χ0v) is 24.9. The second-order valence-corrected chi connectivity index (χ2v) is 12.0. The normalized spacial score (nSPS) is 12.0. The number of benzene rings is 3. The van der Waals surface area contributed by atoms with Crippen LogP contribution in [0.3, 0.4) is 0 Å². The van der Waals surface area contributed by atoms with Crippen LogP contribution in [-0.4, -0.2) is 50.8 Å². The van der Waals surface area contributed by atoms with Gasteiger partial charge in [0.15, 0.2) is 0 Å². The summed E-state index contributed by atoms with van der Waals surface area (Å²) in [6, 6.07) is 21.8. The van der Waals surface area contributed by atoms with Gasteiger partial charge in [0.25, 0.3) is 10.0 Å². The number of amides is 2. The maximum absolute atomic E-state index is 14.0. The van der Waals surface area contributed by atoms with Crippen molar-refractivity contribution in [3.63, 3.8) is 0 Å². The third-order valence-electron chi connectivity index (χ3n) is 6.67. The monoisotopic (exact) mass is 583 g/mol. The van der Waals surface area contributed by atoms with E-state index in [4.69, 9.17) is 11.6 Å². The number of carbonyl (C=O) groups is 2. The lowest BCUT2D eigenvalue weighted by Crippen LogP contribution is -2.53. The Kier molecular flexibility index (Phi) is 11.6. The first kappa shape index (κ1) is 31.2. The Morgan fingerprint density at radius 2 is 1.65 bits per heavy atom. The Bertz CT molecular complexity index is 1360. The second kappa shape index (κ2) is 14.9. The maximum atomic E-state index is 14.0. The molecule has 7 nitrogen and oxygen atoms in total. The molecular formula is C31H38ClN3O4S. The lowest BCUT2D eigenvalue weighted by Gasteiger charge is -2.33. The van der Waals surface area contributed by atoms with Crippen LogP contribution in [0, 0.1) is 6.92 Å². The van der Waals surface area contributed by atoms with Crippen molar-refractivity contribution in [3.05, 3.63) is 95.0 Å². The largest absolute Gasteiger partial charge is 0.354 e. The van der Waals surface area contributed by atoms with E-state index in [2.05, 4.69) is 5.32 Å². The molecule has 0 unspecified atom stereocenters. The average molecular weight is 584 g/mol. The summed E-state index contributed by atoms with van der Waals surface area (Å²) in [4.78, 5) is 28.8. The highest BCUT2D eigenvalue weighted by Crippen LogP contribution is 2.26. The third-order valence-corrected chi connectivity index (χ3v) is 8.71. The number of hydrogen-bond acceptors (Lipinski definition) is 4. The summed E-state index contributed by atoms with van der Waals surface area (Å²) in [5.74, 6) is -0.688. The molecule has 0 aliphatic heterocycles. The minimum atomic E-state index is -4.13. The lowest BCUT2D eigenvalue weighted by atomic mass is 10.1. The van der Waals surface area contributed by atoms with Gasteiger partial charge in [0.1, 0.15) is 12.6 Å². The number of hydrogen-bond donors (Lipinski definition) is 1. The highest BCUT2D eigenvalue weighted by molar-refractivity contribution is 7.92. The van der Waals surface area contributed by atoms with Crippen molar-refractivity contribution >= 4 is 39.1 Å². The van der Waals surface area contributed by atoms with Crippen LogP contribution in [0.5, 0.6) is 0 Å². The molecule has 0 bridgehead atoms. The van der Waals surface area contributed by atoms with Crippen LogP contribution < -0.4 is 9.62 Å². The van der Waals surface area contributed by atoms with Crippen LogP contribution in [0.4, 0.5) is 5.69 Å². The van der Waals surface area contributed by atoms with Gasteiger partial charge in [-0.05, 0) is 73.7 Å². The van der Waals surface area contributed by atoms with E-state index in [1.807, 2.05) is 57.2 Å². The zero-order valence-electron chi connectivity index (χ0n) is 23.3. The topological polar surface area (TPSA) is 86.8 Å². The Labute approximate surface area is 243 Å². The minimum Gasteiger partial charge on any atom is -0.354 e. The van der Waals surface area contributed by atoms with E-state index in [1.165, 1.54) is 29.2 Å². The Morgan fingerprint density at radius 3 is 2.27 bits per heavy atom. The number of sulfonamides is 1. The zero-order chi connectivity index (χ0) is 29.1. The number of aryl methyl sites for hydroxylation is 1. The summed E-state index contributed by atoms with van der Waals surface area (Å²) < 4.78 is 28.9. The summed E-state index contributed by atoms with van der Waals surface area (Å²) in [5, 5.41) is 3.35.